The first kappa shape index (κ1) is 11.8. The quantitative estimate of drug-likeness (QED) is 0.840. The maximum absolute atomic E-state index is 12.3. The van der Waals surface area contributed by atoms with Gasteiger partial charge in [-0.05, 0) is 33.6 Å². The summed E-state index contributed by atoms with van der Waals surface area (Å²) in [6, 6.07) is 1.85. The van der Waals surface area contributed by atoms with Gasteiger partial charge < -0.3 is 5.73 Å². The van der Waals surface area contributed by atoms with Crippen LogP contribution >= 0.6 is 27.5 Å². The van der Waals surface area contributed by atoms with Crippen LogP contribution in [0, 0.1) is 0 Å². The summed E-state index contributed by atoms with van der Waals surface area (Å²) in [5.74, 6) is 0. The molecule has 0 fully saturated rings. The van der Waals surface area contributed by atoms with E-state index in [9.17, 15) is 13.2 Å². The Morgan fingerprint density at radius 1 is 1.36 bits per heavy atom. The zero-order chi connectivity index (χ0) is 10.9. The monoisotopic (exact) mass is 287 g/mol. The Balaban J connectivity index is 3.30. The van der Waals surface area contributed by atoms with Gasteiger partial charge in [-0.3, -0.25) is 0 Å². The van der Waals surface area contributed by atoms with E-state index in [1.54, 1.807) is 0 Å². The molecule has 6 heteroatoms. The molecule has 0 saturated carbocycles. The Hall–Kier alpha value is -0.260. The molecule has 0 bridgehead atoms. The Kier molecular flexibility index (Phi) is 3.44. The van der Waals surface area contributed by atoms with Crippen LogP contribution in [0.4, 0.5) is 13.2 Å². The van der Waals surface area contributed by atoms with E-state index in [2.05, 4.69) is 15.9 Å². The molecule has 0 atom stereocenters. The van der Waals surface area contributed by atoms with Gasteiger partial charge in [0.25, 0.3) is 0 Å². The van der Waals surface area contributed by atoms with Crippen molar-refractivity contribution < 1.29 is 13.2 Å². The molecule has 0 heterocycles. The lowest BCUT2D eigenvalue weighted by molar-refractivity contribution is -0.137. The second-order valence-electron chi connectivity index (χ2n) is 2.63. The fraction of sp³-hybridized carbons (Fsp3) is 0.250. The average molecular weight is 288 g/mol. The molecule has 0 unspecified atom stereocenters. The molecule has 0 spiro atoms. The first-order valence-corrected chi connectivity index (χ1v) is 4.78. The van der Waals surface area contributed by atoms with Crippen molar-refractivity contribution in [3.63, 3.8) is 0 Å². The molecule has 14 heavy (non-hydrogen) atoms. The van der Waals surface area contributed by atoms with Gasteiger partial charge in [-0.2, -0.15) is 13.2 Å². The zero-order valence-electron chi connectivity index (χ0n) is 6.83. The largest absolute Gasteiger partial charge is 0.416 e. The zero-order valence-corrected chi connectivity index (χ0v) is 9.17. The summed E-state index contributed by atoms with van der Waals surface area (Å²) in [6.45, 7) is 0.00419. The van der Waals surface area contributed by atoms with Crippen molar-refractivity contribution in [1.82, 2.24) is 0 Å². The van der Waals surface area contributed by atoms with Gasteiger partial charge in [-0.1, -0.05) is 11.6 Å². The molecule has 1 rings (SSSR count). The molecule has 0 aromatic heterocycles. The predicted octanol–water partition coefficient (Wildman–Crippen LogP) is 3.58. The first-order chi connectivity index (χ1) is 6.36. The third kappa shape index (κ3) is 2.40. The SMILES string of the molecule is NCc1cc(C(F)(F)F)cc(Cl)c1Br. The van der Waals surface area contributed by atoms with Crippen LogP contribution in [0.1, 0.15) is 11.1 Å². The molecule has 0 amide bonds. The molecule has 0 aliphatic heterocycles. The number of benzene rings is 1. The van der Waals surface area contributed by atoms with E-state index in [1.165, 1.54) is 0 Å². The fourth-order valence-corrected chi connectivity index (χ4v) is 1.59. The lowest BCUT2D eigenvalue weighted by atomic mass is 10.1. The number of alkyl halides is 3. The number of hydrogen-bond donors (Lipinski definition) is 1. The van der Waals surface area contributed by atoms with Crippen molar-refractivity contribution in [3.05, 3.63) is 32.8 Å². The molecular formula is C8H6BrClF3N. The van der Waals surface area contributed by atoms with E-state index in [4.69, 9.17) is 17.3 Å². The van der Waals surface area contributed by atoms with E-state index in [1.807, 2.05) is 0 Å². The lowest BCUT2D eigenvalue weighted by Gasteiger charge is -2.10. The topological polar surface area (TPSA) is 26.0 Å². The summed E-state index contributed by atoms with van der Waals surface area (Å²) in [6.07, 6.45) is -4.39. The highest BCUT2D eigenvalue weighted by molar-refractivity contribution is 9.10. The molecule has 0 saturated heterocycles. The minimum atomic E-state index is -4.39. The molecule has 78 valence electrons. The summed E-state index contributed by atoms with van der Waals surface area (Å²) < 4.78 is 37.3. The van der Waals surface area contributed by atoms with Crippen molar-refractivity contribution >= 4 is 27.5 Å². The first-order valence-electron chi connectivity index (χ1n) is 3.61. The van der Waals surface area contributed by atoms with Gasteiger partial charge in [0.15, 0.2) is 0 Å². The van der Waals surface area contributed by atoms with Gasteiger partial charge in [0.2, 0.25) is 0 Å². The summed E-state index contributed by atoms with van der Waals surface area (Å²) in [5.41, 5.74) is 4.83. The van der Waals surface area contributed by atoms with Crippen molar-refractivity contribution in [2.45, 2.75) is 12.7 Å². The average Bonchev–Trinajstić information content (AvgIpc) is 2.07. The maximum atomic E-state index is 12.3. The van der Waals surface area contributed by atoms with Gasteiger partial charge in [0, 0.05) is 11.0 Å². The van der Waals surface area contributed by atoms with Crippen LogP contribution < -0.4 is 5.73 Å². The number of hydrogen-bond acceptors (Lipinski definition) is 1. The minimum Gasteiger partial charge on any atom is -0.326 e. The number of halogens is 5. The summed E-state index contributed by atoms with van der Waals surface area (Å²) in [5, 5.41) is 0.0141. The van der Waals surface area contributed by atoms with Crippen LogP contribution in [0.15, 0.2) is 16.6 Å². The van der Waals surface area contributed by atoms with E-state index in [0.29, 0.717) is 10.0 Å². The Morgan fingerprint density at radius 2 is 1.93 bits per heavy atom. The van der Waals surface area contributed by atoms with Gasteiger partial charge in [-0.25, -0.2) is 0 Å². The molecule has 1 aromatic carbocycles. The number of rotatable bonds is 1. The highest BCUT2D eigenvalue weighted by Crippen LogP contribution is 2.35. The summed E-state index contributed by atoms with van der Waals surface area (Å²) in [7, 11) is 0. The Morgan fingerprint density at radius 3 is 2.36 bits per heavy atom. The maximum Gasteiger partial charge on any atom is 0.416 e. The van der Waals surface area contributed by atoms with Crippen LogP contribution in [0.2, 0.25) is 5.02 Å². The normalized spacial score (nSPS) is 11.9. The number of nitrogens with two attached hydrogens (primary N) is 1. The van der Waals surface area contributed by atoms with Crippen LogP contribution in [0.3, 0.4) is 0 Å². The van der Waals surface area contributed by atoms with Gasteiger partial charge in [0.05, 0.1) is 10.6 Å². The molecule has 0 aliphatic carbocycles. The van der Waals surface area contributed by atoms with E-state index >= 15 is 0 Å². The van der Waals surface area contributed by atoms with Gasteiger partial charge in [0.1, 0.15) is 0 Å². The molecule has 1 aromatic rings. The second kappa shape index (κ2) is 4.08. The van der Waals surface area contributed by atoms with Crippen LogP contribution in [-0.4, -0.2) is 0 Å². The Bertz CT molecular complexity index is 351. The third-order valence-corrected chi connectivity index (χ3v) is 3.11. The second-order valence-corrected chi connectivity index (χ2v) is 3.83. The molecular weight excluding hydrogens is 282 g/mol. The van der Waals surface area contributed by atoms with Crippen molar-refractivity contribution in [3.8, 4) is 0 Å². The van der Waals surface area contributed by atoms with E-state index < -0.39 is 11.7 Å². The van der Waals surface area contributed by atoms with Gasteiger partial charge in [-0.15, -0.1) is 0 Å². The van der Waals surface area contributed by atoms with E-state index in [-0.39, 0.29) is 11.6 Å². The molecule has 0 radical (unpaired) electrons. The van der Waals surface area contributed by atoms with Crippen molar-refractivity contribution in [1.29, 1.82) is 0 Å². The smallest absolute Gasteiger partial charge is 0.326 e. The molecule has 2 N–H and O–H groups in total. The predicted molar refractivity (Wildman–Crippen MR) is 52.0 cm³/mol. The van der Waals surface area contributed by atoms with E-state index in [0.717, 1.165) is 12.1 Å². The highest BCUT2D eigenvalue weighted by Gasteiger charge is 2.31. The van der Waals surface area contributed by atoms with Gasteiger partial charge >= 0.3 is 6.18 Å². The molecule has 0 aliphatic rings. The standard InChI is InChI=1S/C8H6BrClF3N/c9-7-4(3-14)1-5(2-6(7)10)8(11,12)13/h1-2H,3,14H2. The summed E-state index contributed by atoms with van der Waals surface area (Å²) in [4.78, 5) is 0. The lowest BCUT2D eigenvalue weighted by Crippen LogP contribution is -2.07. The summed E-state index contributed by atoms with van der Waals surface area (Å²) >= 11 is 8.66. The third-order valence-electron chi connectivity index (χ3n) is 1.65. The van der Waals surface area contributed by atoms with Crippen molar-refractivity contribution in [2.24, 2.45) is 5.73 Å². The minimum absolute atomic E-state index is 0.00419. The fourth-order valence-electron chi connectivity index (χ4n) is 0.958. The van der Waals surface area contributed by atoms with Crippen LogP contribution in [-0.2, 0) is 12.7 Å². The van der Waals surface area contributed by atoms with Crippen molar-refractivity contribution in [2.75, 3.05) is 0 Å². The van der Waals surface area contributed by atoms with Crippen LogP contribution in [0.5, 0.6) is 0 Å². The molecule has 1 nitrogen and oxygen atoms in total. The Labute approximate surface area is 92.2 Å². The highest BCUT2D eigenvalue weighted by atomic mass is 79.9. The van der Waals surface area contributed by atoms with Crippen LogP contribution in [0.25, 0.3) is 0 Å².